The molecule has 0 atom stereocenters. The first kappa shape index (κ1) is 7.50. The first-order valence-corrected chi connectivity index (χ1v) is 4.12. The van der Waals surface area contributed by atoms with Crippen LogP contribution in [0.1, 0.15) is 16.7 Å². The van der Waals surface area contributed by atoms with Crippen molar-refractivity contribution in [2.45, 2.75) is 19.4 Å². The molecular formula is C10H11NO. The summed E-state index contributed by atoms with van der Waals surface area (Å²) in [6, 6.07) is 6.06. The molecule has 2 rings (SSSR count). The average Bonchev–Trinajstić information content (AvgIpc) is 2.43. The van der Waals surface area contributed by atoms with E-state index in [2.05, 4.69) is 0 Å². The van der Waals surface area contributed by atoms with Crippen molar-refractivity contribution in [2.24, 2.45) is 5.73 Å². The minimum atomic E-state index is 0.319. The van der Waals surface area contributed by atoms with Gasteiger partial charge in [-0.3, -0.25) is 4.79 Å². The molecule has 0 radical (unpaired) electrons. The van der Waals surface area contributed by atoms with Crippen molar-refractivity contribution >= 4 is 5.78 Å². The normalized spacial score (nSPS) is 14.9. The molecule has 0 aliphatic heterocycles. The number of rotatable bonds is 1. The van der Waals surface area contributed by atoms with Gasteiger partial charge < -0.3 is 5.73 Å². The summed E-state index contributed by atoms with van der Waals surface area (Å²) < 4.78 is 0. The van der Waals surface area contributed by atoms with Crippen molar-refractivity contribution in [1.82, 2.24) is 0 Å². The third-order valence-corrected chi connectivity index (χ3v) is 2.28. The lowest BCUT2D eigenvalue weighted by atomic mass is 10.1. The summed E-state index contributed by atoms with van der Waals surface area (Å²) in [6.45, 7) is 0.557. The Morgan fingerprint density at radius 3 is 2.75 bits per heavy atom. The van der Waals surface area contributed by atoms with E-state index in [4.69, 9.17) is 5.73 Å². The molecule has 1 aromatic carbocycles. The van der Waals surface area contributed by atoms with E-state index >= 15 is 0 Å². The van der Waals surface area contributed by atoms with Gasteiger partial charge in [-0.1, -0.05) is 18.2 Å². The number of Topliss-reactive ketones (excluding diaryl/α,β-unsaturated/α-hetero) is 1. The van der Waals surface area contributed by atoms with E-state index in [0.717, 1.165) is 5.56 Å². The quantitative estimate of drug-likeness (QED) is 0.662. The maximum absolute atomic E-state index is 11.1. The Labute approximate surface area is 71.4 Å². The average molecular weight is 161 g/mol. The van der Waals surface area contributed by atoms with Crippen LogP contribution in [-0.4, -0.2) is 5.78 Å². The zero-order valence-corrected chi connectivity index (χ0v) is 6.84. The highest BCUT2D eigenvalue weighted by Gasteiger charge is 2.17. The molecule has 0 fully saturated rings. The SMILES string of the molecule is NCc1ccc2c(c1)CC(=O)C2. The van der Waals surface area contributed by atoms with Gasteiger partial charge in [0.2, 0.25) is 0 Å². The second-order valence-corrected chi connectivity index (χ2v) is 3.20. The third-order valence-electron chi connectivity index (χ3n) is 2.28. The molecule has 1 aliphatic rings. The van der Waals surface area contributed by atoms with Gasteiger partial charge in [-0.2, -0.15) is 0 Å². The molecule has 0 saturated heterocycles. The molecule has 1 aliphatic carbocycles. The number of fused-ring (bicyclic) bond motifs is 1. The van der Waals surface area contributed by atoms with Crippen molar-refractivity contribution < 1.29 is 4.79 Å². The molecule has 0 saturated carbocycles. The first-order valence-electron chi connectivity index (χ1n) is 4.12. The lowest BCUT2D eigenvalue weighted by molar-refractivity contribution is -0.117. The van der Waals surface area contributed by atoms with Crippen molar-refractivity contribution in [3.63, 3.8) is 0 Å². The monoisotopic (exact) mass is 161 g/mol. The number of carbonyl (C=O) groups excluding carboxylic acids is 1. The summed E-state index contributed by atoms with van der Waals surface area (Å²) in [7, 11) is 0. The highest BCUT2D eigenvalue weighted by atomic mass is 16.1. The topological polar surface area (TPSA) is 43.1 Å². The molecule has 2 N–H and O–H groups in total. The number of benzene rings is 1. The Morgan fingerprint density at radius 1 is 1.25 bits per heavy atom. The molecule has 0 bridgehead atoms. The van der Waals surface area contributed by atoms with E-state index in [1.165, 1.54) is 11.1 Å². The van der Waals surface area contributed by atoms with Gasteiger partial charge in [0, 0.05) is 19.4 Å². The summed E-state index contributed by atoms with van der Waals surface area (Å²) in [5.41, 5.74) is 8.96. The molecule has 0 aromatic heterocycles. The summed E-state index contributed by atoms with van der Waals surface area (Å²) in [6.07, 6.45) is 1.21. The van der Waals surface area contributed by atoms with Crippen LogP contribution in [0.4, 0.5) is 0 Å². The largest absolute Gasteiger partial charge is 0.326 e. The number of hydrogen-bond donors (Lipinski definition) is 1. The van der Waals surface area contributed by atoms with Crippen LogP contribution in [0.15, 0.2) is 18.2 Å². The summed E-state index contributed by atoms with van der Waals surface area (Å²) in [5, 5.41) is 0. The lowest BCUT2D eigenvalue weighted by Gasteiger charge is -2.00. The number of carbonyl (C=O) groups is 1. The van der Waals surface area contributed by atoms with Crippen LogP contribution < -0.4 is 5.73 Å². The van der Waals surface area contributed by atoms with Crippen LogP contribution in [0.3, 0.4) is 0 Å². The Hall–Kier alpha value is -1.15. The lowest BCUT2D eigenvalue weighted by Crippen LogP contribution is -1.97. The van der Waals surface area contributed by atoms with Crippen molar-refractivity contribution in [3.8, 4) is 0 Å². The van der Waals surface area contributed by atoms with Gasteiger partial charge in [0.15, 0.2) is 0 Å². The fourth-order valence-electron chi connectivity index (χ4n) is 1.63. The molecule has 12 heavy (non-hydrogen) atoms. The molecule has 0 unspecified atom stereocenters. The molecular weight excluding hydrogens is 150 g/mol. The maximum Gasteiger partial charge on any atom is 0.141 e. The molecule has 62 valence electrons. The number of ketones is 1. The summed E-state index contributed by atoms with van der Waals surface area (Å²) >= 11 is 0. The predicted molar refractivity (Wildman–Crippen MR) is 46.7 cm³/mol. The van der Waals surface area contributed by atoms with E-state index in [1.54, 1.807) is 0 Å². The highest BCUT2D eigenvalue weighted by Crippen LogP contribution is 2.20. The van der Waals surface area contributed by atoms with E-state index in [9.17, 15) is 4.79 Å². The van der Waals surface area contributed by atoms with E-state index in [0.29, 0.717) is 25.2 Å². The predicted octanol–water partition coefficient (Wildman–Crippen LogP) is 0.813. The van der Waals surface area contributed by atoms with Gasteiger partial charge >= 0.3 is 0 Å². The first-order chi connectivity index (χ1) is 5.79. The number of hydrogen-bond acceptors (Lipinski definition) is 2. The summed E-state index contributed by atoms with van der Waals surface area (Å²) in [5.74, 6) is 0.319. The molecule has 2 heteroatoms. The molecule has 1 aromatic rings. The van der Waals surface area contributed by atoms with Gasteiger partial charge in [-0.05, 0) is 16.7 Å². The third kappa shape index (κ3) is 1.14. The van der Waals surface area contributed by atoms with E-state index in [1.807, 2.05) is 18.2 Å². The standard InChI is InChI=1S/C10H11NO/c11-6-7-1-2-8-4-10(12)5-9(8)3-7/h1-3H,4-6,11H2. The van der Waals surface area contributed by atoms with Crippen molar-refractivity contribution in [2.75, 3.05) is 0 Å². The van der Waals surface area contributed by atoms with Gasteiger partial charge in [-0.15, -0.1) is 0 Å². The Morgan fingerprint density at radius 2 is 2.00 bits per heavy atom. The fraction of sp³-hybridized carbons (Fsp3) is 0.300. The zero-order valence-electron chi connectivity index (χ0n) is 6.84. The fourth-order valence-corrected chi connectivity index (χ4v) is 1.63. The van der Waals surface area contributed by atoms with Crippen LogP contribution in [-0.2, 0) is 24.2 Å². The van der Waals surface area contributed by atoms with Crippen LogP contribution in [0, 0.1) is 0 Å². The van der Waals surface area contributed by atoms with Gasteiger partial charge in [0.05, 0.1) is 0 Å². The Kier molecular flexibility index (Phi) is 1.70. The molecule has 0 amide bonds. The molecule has 0 spiro atoms. The minimum Gasteiger partial charge on any atom is -0.326 e. The van der Waals surface area contributed by atoms with Crippen molar-refractivity contribution in [3.05, 3.63) is 34.9 Å². The maximum atomic E-state index is 11.1. The highest BCUT2D eigenvalue weighted by molar-refractivity contribution is 5.87. The zero-order chi connectivity index (χ0) is 8.55. The molecule has 2 nitrogen and oxygen atoms in total. The van der Waals surface area contributed by atoms with Gasteiger partial charge in [-0.25, -0.2) is 0 Å². The number of nitrogens with two attached hydrogens (primary N) is 1. The Balaban J connectivity index is 2.41. The van der Waals surface area contributed by atoms with Crippen LogP contribution in [0.2, 0.25) is 0 Å². The van der Waals surface area contributed by atoms with Gasteiger partial charge in [0.25, 0.3) is 0 Å². The summed E-state index contributed by atoms with van der Waals surface area (Å²) in [4.78, 5) is 11.1. The second-order valence-electron chi connectivity index (χ2n) is 3.20. The smallest absolute Gasteiger partial charge is 0.141 e. The van der Waals surface area contributed by atoms with E-state index in [-0.39, 0.29) is 0 Å². The van der Waals surface area contributed by atoms with Crippen molar-refractivity contribution in [1.29, 1.82) is 0 Å². The molecule has 0 heterocycles. The van der Waals surface area contributed by atoms with E-state index < -0.39 is 0 Å². The van der Waals surface area contributed by atoms with Gasteiger partial charge in [0.1, 0.15) is 5.78 Å². The second kappa shape index (κ2) is 2.72. The van der Waals surface area contributed by atoms with Crippen LogP contribution in [0.5, 0.6) is 0 Å². The minimum absolute atomic E-state index is 0.319. The van der Waals surface area contributed by atoms with Crippen LogP contribution >= 0.6 is 0 Å². The Bertz CT molecular complexity index is 331. The van der Waals surface area contributed by atoms with Crippen LogP contribution in [0.25, 0.3) is 0 Å².